The quantitative estimate of drug-likeness (QED) is 0.0728. The largest absolute Gasteiger partial charge is 0.494 e. The van der Waals surface area contributed by atoms with Gasteiger partial charge in [-0.15, -0.1) is 11.3 Å². The molecular formula is C41H50N6O7S. The molecule has 2 aromatic carbocycles. The van der Waals surface area contributed by atoms with E-state index in [1.807, 2.05) is 51.1 Å². The van der Waals surface area contributed by atoms with E-state index in [2.05, 4.69) is 32.8 Å². The van der Waals surface area contributed by atoms with Gasteiger partial charge in [0.1, 0.15) is 17.8 Å². The zero-order valence-corrected chi connectivity index (χ0v) is 32.5. The Morgan fingerprint density at radius 2 is 1.47 bits per heavy atom. The Hall–Kier alpha value is -5.63. The molecule has 0 aliphatic heterocycles. The SMILES string of the molecule is CCCCCCCOc1ccc(-c2cnc(-c3ccc(CC(NC(=O)c4ccc(C(C)(C)C)s4)C(=O)NC(CC(=O)NCC(N)=O)C(=O)O)cc3)nc2)cc1. The molecule has 6 N–H and O–H groups in total. The topological polar surface area (TPSA) is 203 Å². The van der Waals surface area contributed by atoms with Crippen LogP contribution in [0.25, 0.3) is 22.5 Å². The molecule has 2 atom stereocenters. The molecule has 13 nitrogen and oxygen atoms in total. The molecule has 0 spiro atoms. The van der Waals surface area contributed by atoms with E-state index in [1.165, 1.54) is 37.0 Å². The Balaban J connectivity index is 1.44. The number of rotatable bonds is 20. The lowest BCUT2D eigenvalue weighted by Gasteiger charge is -2.21. The van der Waals surface area contributed by atoms with Crippen LogP contribution in [-0.2, 0) is 31.0 Å². The predicted octanol–water partition coefficient (Wildman–Crippen LogP) is 5.42. The Morgan fingerprint density at radius 1 is 0.818 bits per heavy atom. The van der Waals surface area contributed by atoms with E-state index in [-0.39, 0.29) is 11.8 Å². The van der Waals surface area contributed by atoms with Gasteiger partial charge >= 0.3 is 5.97 Å². The third kappa shape index (κ3) is 13.3. The number of benzene rings is 2. The van der Waals surface area contributed by atoms with Gasteiger partial charge in [0.25, 0.3) is 5.91 Å². The van der Waals surface area contributed by atoms with Crippen molar-refractivity contribution in [3.05, 3.63) is 88.4 Å². The molecule has 292 valence electrons. The molecule has 4 rings (SSSR count). The number of ether oxygens (including phenoxy) is 1. The molecule has 2 unspecified atom stereocenters. The molecule has 2 aromatic heterocycles. The zero-order chi connectivity index (χ0) is 40.0. The summed E-state index contributed by atoms with van der Waals surface area (Å²) < 4.78 is 5.88. The third-order valence-electron chi connectivity index (χ3n) is 8.66. The van der Waals surface area contributed by atoms with Gasteiger partial charge in [-0.3, -0.25) is 19.2 Å². The van der Waals surface area contributed by atoms with Crippen LogP contribution in [0.4, 0.5) is 0 Å². The number of thiophene rings is 1. The number of nitrogens with two attached hydrogens (primary N) is 1. The monoisotopic (exact) mass is 770 g/mol. The van der Waals surface area contributed by atoms with E-state index < -0.39 is 54.6 Å². The maximum Gasteiger partial charge on any atom is 0.326 e. The summed E-state index contributed by atoms with van der Waals surface area (Å²) in [4.78, 5) is 72.7. The number of primary amides is 1. The highest BCUT2D eigenvalue weighted by atomic mass is 32.1. The predicted molar refractivity (Wildman–Crippen MR) is 212 cm³/mol. The number of nitrogens with zero attached hydrogens (tertiary/aromatic N) is 2. The zero-order valence-electron chi connectivity index (χ0n) is 31.7. The van der Waals surface area contributed by atoms with Gasteiger partial charge in [-0.2, -0.15) is 0 Å². The van der Waals surface area contributed by atoms with Crippen LogP contribution in [0.15, 0.2) is 73.1 Å². The van der Waals surface area contributed by atoms with Crippen LogP contribution >= 0.6 is 11.3 Å². The molecule has 0 saturated carbocycles. The molecular weight excluding hydrogens is 721 g/mol. The lowest BCUT2D eigenvalue weighted by atomic mass is 9.95. The summed E-state index contributed by atoms with van der Waals surface area (Å²) in [7, 11) is 0. The van der Waals surface area contributed by atoms with Gasteiger partial charge in [0.05, 0.1) is 24.4 Å². The first-order valence-corrected chi connectivity index (χ1v) is 19.2. The number of carbonyl (C=O) groups excluding carboxylic acids is 4. The highest BCUT2D eigenvalue weighted by molar-refractivity contribution is 7.14. The van der Waals surface area contributed by atoms with Crippen molar-refractivity contribution >= 4 is 40.9 Å². The van der Waals surface area contributed by atoms with Crippen molar-refractivity contribution in [1.82, 2.24) is 25.9 Å². The minimum Gasteiger partial charge on any atom is -0.494 e. The molecule has 55 heavy (non-hydrogen) atoms. The summed E-state index contributed by atoms with van der Waals surface area (Å²) in [6.07, 6.45) is 8.76. The van der Waals surface area contributed by atoms with E-state index >= 15 is 0 Å². The fourth-order valence-electron chi connectivity index (χ4n) is 5.51. The molecule has 2 heterocycles. The highest BCUT2D eigenvalue weighted by Crippen LogP contribution is 2.29. The van der Waals surface area contributed by atoms with E-state index in [1.54, 1.807) is 42.7 Å². The van der Waals surface area contributed by atoms with Crippen LogP contribution in [0.2, 0.25) is 0 Å². The van der Waals surface area contributed by atoms with Crippen molar-refractivity contribution in [2.75, 3.05) is 13.2 Å². The number of hydrogen-bond acceptors (Lipinski definition) is 9. The van der Waals surface area contributed by atoms with Gasteiger partial charge in [0.15, 0.2) is 5.82 Å². The van der Waals surface area contributed by atoms with Gasteiger partial charge in [0, 0.05) is 34.8 Å². The van der Waals surface area contributed by atoms with Crippen LogP contribution in [0.3, 0.4) is 0 Å². The number of aliphatic carboxylic acids is 1. The lowest BCUT2D eigenvalue weighted by molar-refractivity contribution is -0.143. The van der Waals surface area contributed by atoms with E-state index in [9.17, 15) is 29.1 Å². The summed E-state index contributed by atoms with van der Waals surface area (Å²) in [5.74, 6) is -3.06. The van der Waals surface area contributed by atoms with Crippen LogP contribution in [0.5, 0.6) is 5.75 Å². The first kappa shape index (κ1) is 42.1. The second kappa shape index (κ2) is 20.2. The second-order valence-corrected chi connectivity index (χ2v) is 15.4. The summed E-state index contributed by atoms with van der Waals surface area (Å²) in [5.41, 5.74) is 8.06. The minimum atomic E-state index is -1.63. The molecule has 0 aliphatic carbocycles. The van der Waals surface area contributed by atoms with Gasteiger partial charge in [0.2, 0.25) is 17.7 Å². The fraction of sp³-hybridized carbons (Fsp3) is 0.390. The smallest absolute Gasteiger partial charge is 0.326 e. The normalized spacial score (nSPS) is 12.3. The van der Waals surface area contributed by atoms with Crippen molar-refractivity contribution < 1.29 is 33.8 Å². The number of carboxylic acids is 1. The third-order valence-corrected chi connectivity index (χ3v) is 10.2. The van der Waals surface area contributed by atoms with Crippen LogP contribution < -0.4 is 26.4 Å². The van der Waals surface area contributed by atoms with Crippen molar-refractivity contribution in [2.45, 2.75) is 90.1 Å². The molecule has 0 bridgehead atoms. The average molecular weight is 771 g/mol. The summed E-state index contributed by atoms with van der Waals surface area (Å²) in [6, 6.07) is 15.7. The van der Waals surface area contributed by atoms with Gasteiger partial charge < -0.3 is 31.5 Å². The maximum atomic E-state index is 13.6. The van der Waals surface area contributed by atoms with Crippen molar-refractivity contribution in [2.24, 2.45) is 5.73 Å². The molecule has 4 amide bonds. The number of nitrogens with one attached hydrogen (secondary N) is 3. The molecule has 0 fully saturated rings. The number of unbranched alkanes of at least 4 members (excludes halogenated alkanes) is 4. The number of carboxylic acid groups (broad SMARTS) is 1. The summed E-state index contributed by atoms with van der Waals surface area (Å²) in [5, 5.41) is 17.1. The van der Waals surface area contributed by atoms with Gasteiger partial charge in [-0.25, -0.2) is 14.8 Å². The van der Waals surface area contributed by atoms with Gasteiger partial charge in [-0.1, -0.05) is 89.8 Å². The molecule has 4 aromatic rings. The number of aromatic nitrogens is 2. The van der Waals surface area contributed by atoms with E-state index in [4.69, 9.17) is 10.5 Å². The molecule has 0 radical (unpaired) electrons. The first-order valence-electron chi connectivity index (χ1n) is 18.4. The Bertz CT molecular complexity index is 1910. The molecule has 0 aliphatic rings. The van der Waals surface area contributed by atoms with E-state index in [0.717, 1.165) is 33.7 Å². The Labute approximate surface area is 325 Å². The standard InChI is InChI=1S/C41H50N6O7S/c1-5-6-7-8-9-20-54-30-16-14-27(15-17-30)29-23-44-37(45-24-29)28-12-10-26(11-13-28)21-31(46-39(51)33-18-19-34(55-33)41(2,3)4)38(50)47-32(40(52)53)22-36(49)43-25-35(42)48/h10-19,23-24,31-32H,5-9,20-22,25H2,1-4H3,(H2,42,48)(H,43,49)(H,46,51)(H,47,50)(H,52,53). The van der Waals surface area contributed by atoms with Crippen molar-refractivity contribution in [3.8, 4) is 28.3 Å². The number of hydrogen-bond donors (Lipinski definition) is 5. The Morgan fingerprint density at radius 3 is 2.07 bits per heavy atom. The average Bonchev–Trinajstić information content (AvgIpc) is 3.67. The molecule has 14 heteroatoms. The lowest BCUT2D eigenvalue weighted by Crippen LogP contribution is -2.53. The van der Waals surface area contributed by atoms with Crippen LogP contribution in [0.1, 0.15) is 86.3 Å². The number of carbonyl (C=O) groups is 5. The maximum absolute atomic E-state index is 13.6. The Kier molecular flexibility index (Phi) is 15.4. The summed E-state index contributed by atoms with van der Waals surface area (Å²) in [6.45, 7) is 8.49. The van der Waals surface area contributed by atoms with Crippen molar-refractivity contribution in [3.63, 3.8) is 0 Å². The van der Waals surface area contributed by atoms with Gasteiger partial charge in [-0.05, 0) is 47.2 Å². The highest BCUT2D eigenvalue weighted by Gasteiger charge is 2.29. The fourth-order valence-corrected chi connectivity index (χ4v) is 6.48. The minimum absolute atomic E-state index is 0.00787. The van der Waals surface area contributed by atoms with E-state index in [0.29, 0.717) is 22.9 Å². The first-order chi connectivity index (χ1) is 26.2. The van der Waals surface area contributed by atoms with Crippen LogP contribution in [-0.4, -0.2) is 69.9 Å². The second-order valence-electron chi connectivity index (χ2n) is 14.3. The van der Waals surface area contributed by atoms with Crippen molar-refractivity contribution in [1.29, 1.82) is 0 Å². The van der Waals surface area contributed by atoms with Crippen LogP contribution in [0, 0.1) is 0 Å². The number of amides is 4. The molecule has 0 saturated heterocycles. The summed E-state index contributed by atoms with van der Waals surface area (Å²) >= 11 is 1.30.